The van der Waals surface area contributed by atoms with Crippen molar-refractivity contribution in [3.05, 3.63) is 69.5 Å². The van der Waals surface area contributed by atoms with Crippen LogP contribution in [0.4, 0.5) is 24.5 Å². The van der Waals surface area contributed by atoms with Gasteiger partial charge in [0, 0.05) is 56.4 Å². The number of ether oxygens (including phenoxy) is 1. The van der Waals surface area contributed by atoms with E-state index >= 15 is 0 Å². The lowest BCUT2D eigenvalue weighted by atomic mass is 9.91. The summed E-state index contributed by atoms with van der Waals surface area (Å²) in [5.74, 6) is 0.869. The Morgan fingerprint density at radius 1 is 1.07 bits per heavy atom. The van der Waals surface area contributed by atoms with E-state index in [2.05, 4.69) is 24.0 Å². The highest BCUT2D eigenvalue weighted by Gasteiger charge is 2.39. The van der Waals surface area contributed by atoms with Gasteiger partial charge in [-0.3, -0.25) is 19.8 Å². The highest BCUT2D eigenvalue weighted by atomic mass is 19.4. The maximum atomic E-state index is 13.4. The molecule has 0 N–H and O–H groups in total. The summed E-state index contributed by atoms with van der Waals surface area (Å²) in [6.07, 6.45) is -2.23. The second kappa shape index (κ2) is 12.3. The molecule has 1 amide bonds. The van der Waals surface area contributed by atoms with Gasteiger partial charge in [0.15, 0.2) is 0 Å². The van der Waals surface area contributed by atoms with E-state index in [1.807, 2.05) is 17.0 Å². The molecule has 42 heavy (non-hydrogen) atoms. The first-order valence-corrected chi connectivity index (χ1v) is 14.2. The molecule has 3 aromatic rings. The normalized spacial score (nSPS) is 20.2. The molecule has 2 fully saturated rings. The van der Waals surface area contributed by atoms with Crippen molar-refractivity contribution in [1.29, 1.82) is 0 Å². The largest absolute Gasteiger partial charge is 0.460 e. The zero-order chi connectivity index (χ0) is 30.0. The van der Waals surface area contributed by atoms with Crippen molar-refractivity contribution in [2.75, 3.05) is 44.7 Å². The van der Waals surface area contributed by atoms with Gasteiger partial charge in [-0.15, -0.1) is 0 Å². The van der Waals surface area contributed by atoms with Crippen LogP contribution >= 0.6 is 0 Å². The highest BCUT2D eigenvalue weighted by Crippen LogP contribution is 2.39. The number of rotatable bonds is 8. The SMILES string of the molecule is Cc1ccc2oc(CN3CCN(C(=O)COC4CCC(N(C)c5ccc([N+](=O)[O-])c(C(F)(F)F)c5)CC4)CC3)cc2c1. The minimum absolute atomic E-state index is 0.00535. The molecule has 9 nitrogen and oxygen atoms in total. The molecular weight excluding hydrogens is 553 g/mol. The molecule has 1 saturated carbocycles. The van der Waals surface area contributed by atoms with Crippen molar-refractivity contribution < 1.29 is 32.0 Å². The van der Waals surface area contributed by atoms with E-state index in [4.69, 9.17) is 9.15 Å². The van der Waals surface area contributed by atoms with Crippen LogP contribution in [-0.4, -0.2) is 72.6 Å². The van der Waals surface area contributed by atoms with E-state index in [-0.39, 0.29) is 30.3 Å². The van der Waals surface area contributed by atoms with E-state index < -0.39 is 22.4 Å². The topological polar surface area (TPSA) is 92.3 Å². The predicted octanol–water partition coefficient (Wildman–Crippen LogP) is 5.78. The summed E-state index contributed by atoms with van der Waals surface area (Å²) in [6, 6.07) is 11.3. The lowest BCUT2D eigenvalue weighted by Gasteiger charge is -2.37. The number of carbonyl (C=O) groups excluding carboxylic acids is 1. The number of nitrogens with zero attached hydrogens (tertiary/aromatic N) is 4. The van der Waals surface area contributed by atoms with Crippen LogP contribution in [0.3, 0.4) is 0 Å². The molecule has 2 heterocycles. The molecule has 226 valence electrons. The van der Waals surface area contributed by atoms with Gasteiger partial charge in [-0.05, 0) is 62.9 Å². The fraction of sp³-hybridized carbons (Fsp3) is 0.500. The number of anilines is 1. The van der Waals surface area contributed by atoms with Crippen LogP contribution in [0.5, 0.6) is 0 Å². The summed E-state index contributed by atoms with van der Waals surface area (Å²) < 4.78 is 52.1. The third-order valence-electron chi connectivity index (χ3n) is 8.35. The van der Waals surface area contributed by atoms with Gasteiger partial charge in [-0.25, -0.2) is 0 Å². The number of fused-ring (bicyclic) bond motifs is 1. The molecule has 1 aliphatic carbocycles. The Kier molecular flexibility index (Phi) is 8.74. The first kappa shape index (κ1) is 29.8. The van der Waals surface area contributed by atoms with Crippen LogP contribution in [0, 0.1) is 17.0 Å². The van der Waals surface area contributed by atoms with Crippen molar-refractivity contribution in [1.82, 2.24) is 9.80 Å². The van der Waals surface area contributed by atoms with Gasteiger partial charge >= 0.3 is 6.18 Å². The second-order valence-corrected chi connectivity index (χ2v) is 11.2. The number of piperazine rings is 1. The average Bonchev–Trinajstić information content (AvgIpc) is 3.36. The maximum absolute atomic E-state index is 13.4. The number of hydrogen-bond acceptors (Lipinski definition) is 7. The number of benzene rings is 2. The molecule has 0 spiro atoms. The Morgan fingerprint density at radius 3 is 2.45 bits per heavy atom. The quantitative estimate of drug-likeness (QED) is 0.244. The third-order valence-corrected chi connectivity index (χ3v) is 8.35. The van der Waals surface area contributed by atoms with Crippen molar-refractivity contribution in [2.24, 2.45) is 0 Å². The minimum Gasteiger partial charge on any atom is -0.460 e. The monoisotopic (exact) mass is 588 g/mol. The van der Waals surface area contributed by atoms with Gasteiger partial charge in [-0.1, -0.05) is 11.6 Å². The average molecular weight is 589 g/mol. The van der Waals surface area contributed by atoms with E-state index in [0.717, 1.165) is 42.0 Å². The zero-order valence-corrected chi connectivity index (χ0v) is 23.7. The lowest BCUT2D eigenvalue weighted by molar-refractivity contribution is -0.388. The molecule has 1 aliphatic heterocycles. The standard InChI is InChI=1S/C30H35F3N4O5/c1-20-3-10-28-21(15-20)16-25(42-28)18-35-11-13-36(14-12-35)29(38)19-41-24-7-4-22(5-8-24)34(2)23-6-9-27(37(39)40)26(17-23)30(31,32)33/h3,6,9-10,15-17,22,24H,4-5,7-8,11-14,18-19H2,1-2H3. The summed E-state index contributed by atoms with van der Waals surface area (Å²) in [4.78, 5) is 28.7. The fourth-order valence-electron chi connectivity index (χ4n) is 5.89. The number of nitro groups is 1. The van der Waals surface area contributed by atoms with Gasteiger partial charge in [-0.2, -0.15) is 13.2 Å². The summed E-state index contributed by atoms with van der Waals surface area (Å²) >= 11 is 0. The molecule has 0 radical (unpaired) electrons. The number of aryl methyl sites for hydroxylation is 1. The van der Waals surface area contributed by atoms with Gasteiger partial charge in [0.05, 0.1) is 17.6 Å². The van der Waals surface area contributed by atoms with Gasteiger partial charge < -0.3 is 19.0 Å². The van der Waals surface area contributed by atoms with Crippen LogP contribution in [0.15, 0.2) is 46.9 Å². The van der Waals surface area contributed by atoms with Crippen LogP contribution in [-0.2, 0) is 22.3 Å². The summed E-state index contributed by atoms with van der Waals surface area (Å²) in [7, 11) is 1.70. The second-order valence-electron chi connectivity index (χ2n) is 11.2. The Hall–Kier alpha value is -3.64. The number of alkyl halides is 3. The van der Waals surface area contributed by atoms with Crippen molar-refractivity contribution in [3.8, 4) is 0 Å². The molecule has 2 aliphatic rings. The number of hydrogen-bond donors (Lipinski definition) is 0. The predicted molar refractivity (Wildman–Crippen MR) is 151 cm³/mol. The van der Waals surface area contributed by atoms with E-state index in [1.165, 1.54) is 11.6 Å². The Balaban J connectivity index is 1.05. The van der Waals surface area contributed by atoms with E-state index in [9.17, 15) is 28.1 Å². The van der Waals surface area contributed by atoms with Crippen molar-refractivity contribution >= 4 is 28.3 Å². The minimum atomic E-state index is -4.82. The first-order valence-electron chi connectivity index (χ1n) is 14.2. The Bertz CT molecular complexity index is 1430. The lowest BCUT2D eigenvalue weighted by Crippen LogP contribution is -2.49. The molecule has 1 aromatic heterocycles. The Labute approximate surface area is 241 Å². The van der Waals surface area contributed by atoms with Crippen LogP contribution < -0.4 is 4.90 Å². The summed E-state index contributed by atoms with van der Waals surface area (Å²) in [5, 5.41) is 12.2. The number of nitro benzene ring substituents is 1. The molecule has 5 rings (SSSR count). The fourth-order valence-corrected chi connectivity index (χ4v) is 5.89. The molecule has 12 heteroatoms. The van der Waals surface area contributed by atoms with Crippen LogP contribution in [0.25, 0.3) is 11.0 Å². The smallest absolute Gasteiger partial charge is 0.423 e. The van der Waals surface area contributed by atoms with Crippen molar-refractivity contribution in [2.45, 2.75) is 57.5 Å². The molecule has 0 unspecified atom stereocenters. The molecule has 2 aromatic carbocycles. The van der Waals surface area contributed by atoms with E-state index in [1.54, 1.807) is 11.9 Å². The Morgan fingerprint density at radius 2 is 1.79 bits per heavy atom. The number of halogens is 3. The van der Waals surface area contributed by atoms with Gasteiger partial charge in [0.25, 0.3) is 5.69 Å². The zero-order valence-electron chi connectivity index (χ0n) is 23.7. The van der Waals surface area contributed by atoms with E-state index in [0.29, 0.717) is 45.3 Å². The first-order chi connectivity index (χ1) is 20.0. The third kappa shape index (κ3) is 6.87. The van der Waals surface area contributed by atoms with Crippen LogP contribution in [0.2, 0.25) is 0 Å². The maximum Gasteiger partial charge on any atom is 0.423 e. The number of amides is 1. The summed E-state index contributed by atoms with van der Waals surface area (Å²) in [5.41, 5.74) is 0.142. The molecular formula is C30H35F3N4O5. The van der Waals surface area contributed by atoms with Gasteiger partial charge in [0.1, 0.15) is 23.5 Å². The van der Waals surface area contributed by atoms with Gasteiger partial charge in [0.2, 0.25) is 5.91 Å². The number of furan rings is 1. The summed E-state index contributed by atoms with van der Waals surface area (Å²) in [6.45, 7) is 5.49. The van der Waals surface area contributed by atoms with Crippen LogP contribution in [0.1, 0.15) is 42.6 Å². The molecule has 0 atom stereocenters. The number of carbonyl (C=O) groups is 1. The highest BCUT2D eigenvalue weighted by molar-refractivity contribution is 5.79. The molecule has 1 saturated heterocycles. The molecule has 0 bridgehead atoms. The van der Waals surface area contributed by atoms with Crippen molar-refractivity contribution in [3.63, 3.8) is 0 Å².